The molecule has 0 bridgehead atoms. The van der Waals surface area contributed by atoms with E-state index in [0.717, 1.165) is 37.0 Å². The van der Waals surface area contributed by atoms with Gasteiger partial charge < -0.3 is 15.0 Å². The molecule has 2 amide bonds. The molecule has 29 heavy (non-hydrogen) atoms. The maximum absolute atomic E-state index is 12.3. The average Bonchev–Trinajstić information content (AvgIpc) is 3.02. The molecule has 4 fully saturated rings. The zero-order valence-corrected chi connectivity index (χ0v) is 19.0. The Bertz CT molecular complexity index is 667. The number of ether oxygens (including phenoxy) is 1. The van der Waals surface area contributed by atoms with Crippen LogP contribution in [0.4, 0.5) is 4.79 Å². The summed E-state index contributed by atoms with van der Waals surface area (Å²) in [6.45, 7) is 9.42. The standard InChI is InChI=1S/C24H40N2O3/c1-6-29-22(28)25-15(2)17-8-9-18-16-7-10-20-24(4,14-12-21(27)26(20)5)19(16)11-13-23(17,18)3/h15-20H,6-14H2,1-5H3,(H,25,28)/t15?,16-,17+,18-,19-,20?,23+,24+/m0/s1. The van der Waals surface area contributed by atoms with E-state index in [1.165, 1.54) is 32.1 Å². The summed E-state index contributed by atoms with van der Waals surface area (Å²) in [4.78, 5) is 26.4. The van der Waals surface area contributed by atoms with Crippen LogP contribution in [0, 0.1) is 34.5 Å². The molecule has 1 saturated heterocycles. The molecule has 4 aliphatic rings. The van der Waals surface area contributed by atoms with Crippen molar-refractivity contribution in [2.24, 2.45) is 34.5 Å². The molecular formula is C24H40N2O3. The number of hydrogen-bond donors (Lipinski definition) is 1. The highest BCUT2D eigenvalue weighted by atomic mass is 16.5. The van der Waals surface area contributed by atoms with Crippen LogP contribution in [0.5, 0.6) is 0 Å². The molecule has 8 atom stereocenters. The molecule has 0 aromatic rings. The first-order chi connectivity index (χ1) is 13.7. The number of piperidine rings is 1. The van der Waals surface area contributed by atoms with Gasteiger partial charge in [0.1, 0.15) is 0 Å². The van der Waals surface area contributed by atoms with Gasteiger partial charge in [-0.2, -0.15) is 0 Å². The molecule has 0 aromatic heterocycles. The minimum absolute atomic E-state index is 0.158. The van der Waals surface area contributed by atoms with Crippen LogP contribution in [0.25, 0.3) is 0 Å². The number of alkyl carbamates (subject to hydrolysis) is 1. The molecule has 3 aliphatic carbocycles. The molecular weight excluding hydrogens is 364 g/mol. The van der Waals surface area contributed by atoms with E-state index < -0.39 is 0 Å². The summed E-state index contributed by atoms with van der Waals surface area (Å²) in [5.74, 6) is 3.13. The van der Waals surface area contributed by atoms with Crippen molar-refractivity contribution in [1.82, 2.24) is 10.2 Å². The van der Waals surface area contributed by atoms with Crippen molar-refractivity contribution in [3.8, 4) is 0 Å². The maximum Gasteiger partial charge on any atom is 0.407 e. The molecule has 0 aromatic carbocycles. The summed E-state index contributed by atoms with van der Waals surface area (Å²) >= 11 is 0. The largest absolute Gasteiger partial charge is 0.450 e. The summed E-state index contributed by atoms with van der Waals surface area (Å²) in [6, 6.07) is 0.585. The molecule has 164 valence electrons. The summed E-state index contributed by atoms with van der Waals surface area (Å²) in [6.07, 6.45) is 8.94. The van der Waals surface area contributed by atoms with Crippen LogP contribution in [0.2, 0.25) is 0 Å². The topological polar surface area (TPSA) is 58.6 Å². The fourth-order valence-corrected chi connectivity index (χ4v) is 8.47. The number of rotatable bonds is 3. The van der Waals surface area contributed by atoms with Gasteiger partial charge in [-0.3, -0.25) is 4.79 Å². The fraction of sp³-hybridized carbons (Fsp3) is 0.917. The van der Waals surface area contributed by atoms with Gasteiger partial charge in [0.05, 0.1) is 6.61 Å². The van der Waals surface area contributed by atoms with Crippen LogP contribution in [0.3, 0.4) is 0 Å². The number of likely N-dealkylation sites (tertiary alicyclic amines) is 1. The van der Waals surface area contributed by atoms with Gasteiger partial charge >= 0.3 is 6.09 Å². The predicted molar refractivity (Wildman–Crippen MR) is 113 cm³/mol. The quantitative estimate of drug-likeness (QED) is 0.748. The van der Waals surface area contributed by atoms with Crippen LogP contribution < -0.4 is 5.32 Å². The molecule has 2 unspecified atom stereocenters. The van der Waals surface area contributed by atoms with Gasteiger partial charge in [0.25, 0.3) is 0 Å². The number of amides is 2. The summed E-state index contributed by atoms with van der Waals surface area (Å²) in [5.41, 5.74) is 0.583. The molecule has 4 rings (SSSR count). The number of fused-ring (bicyclic) bond motifs is 5. The van der Waals surface area contributed by atoms with E-state index in [0.29, 0.717) is 29.9 Å². The van der Waals surface area contributed by atoms with E-state index in [9.17, 15) is 9.59 Å². The number of carbonyl (C=O) groups is 2. The maximum atomic E-state index is 12.3. The Balaban J connectivity index is 1.52. The van der Waals surface area contributed by atoms with Crippen LogP contribution in [0.15, 0.2) is 0 Å². The van der Waals surface area contributed by atoms with Crippen molar-refractivity contribution in [2.45, 2.75) is 91.1 Å². The third-order valence-corrected chi connectivity index (χ3v) is 9.86. The van der Waals surface area contributed by atoms with Crippen molar-refractivity contribution in [3.63, 3.8) is 0 Å². The normalized spacial score (nSPS) is 45.1. The lowest BCUT2D eigenvalue weighted by Gasteiger charge is -2.62. The Morgan fingerprint density at radius 2 is 1.86 bits per heavy atom. The average molecular weight is 405 g/mol. The molecule has 5 nitrogen and oxygen atoms in total. The number of hydrogen-bond acceptors (Lipinski definition) is 3. The molecule has 1 aliphatic heterocycles. The monoisotopic (exact) mass is 404 g/mol. The first-order valence-electron chi connectivity index (χ1n) is 11.9. The minimum atomic E-state index is -0.274. The van der Waals surface area contributed by atoms with Gasteiger partial charge in [0.15, 0.2) is 0 Å². The Morgan fingerprint density at radius 3 is 2.59 bits per heavy atom. The van der Waals surface area contributed by atoms with Crippen molar-refractivity contribution in [1.29, 1.82) is 0 Å². The van der Waals surface area contributed by atoms with Crippen LogP contribution in [0.1, 0.15) is 79.1 Å². The molecule has 1 heterocycles. The number of carbonyl (C=O) groups excluding carboxylic acids is 2. The van der Waals surface area contributed by atoms with Crippen molar-refractivity contribution >= 4 is 12.0 Å². The Kier molecular flexibility index (Phi) is 5.40. The SMILES string of the molecule is CCOC(=O)NC(C)[C@H]1CC[C@H]2[C@@H]3CCC4N(C)C(=O)CC[C@]4(C)[C@H]3CC[C@]12C. The van der Waals surface area contributed by atoms with Crippen LogP contribution in [-0.4, -0.2) is 42.6 Å². The van der Waals surface area contributed by atoms with Crippen molar-refractivity contribution < 1.29 is 14.3 Å². The van der Waals surface area contributed by atoms with Gasteiger partial charge in [-0.15, -0.1) is 0 Å². The van der Waals surface area contributed by atoms with E-state index in [1.807, 2.05) is 14.0 Å². The molecule has 0 spiro atoms. The summed E-state index contributed by atoms with van der Waals surface area (Å²) in [5, 5.41) is 3.11. The lowest BCUT2D eigenvalue weighted by atomic mass is 9.46. The highest BCUT2D eigenvalue weighted by Gasteiger charge is 2.61. The minimum Gasteiger partial charge on any atom is -0.450 e. The third-order valence-electron chi connectivity index (χ3n) is 9.86. The van der Waals surface area contributed by atoms with E-state index in [2.05, 4.69) is 31.0 Å². The number of nitrogens with zero attached hydrogens (tertiary/aromatic N) is 1. The van der Waals surface area contributed by atoms with E-state index >= 15 is 0 Å². The summed E-state index contributed by atoms with van der Waals surface area (Å²) < 4.78 is 5.14. The molecule has 5 heteroatoms. The van der Waals surface area contributed by atoms with Gasteiger partial charge in [0, 0.05) is 25.6 Å². The Morgan fingerprint density at radius 1 is 1.14 bits per heavy atom. The first-order valence-corrected chi connectivity index (χ1v) is 11.9. The predicted octanol–water partition coefficient (Wildman–Crippen LogP) is 4.60. The van der Waals surface area contributed by atoms with E-state index in [-0.39, 0.29) is 17.6 Å². The Hall–Kier alpha value is -1.26. The van der Waals surface area contributed by atoms with Gasteiger partial charge in [-0.1, -0.05) is 13.8 Å². The Labute approximate surface area is 176 Å². The summed E-state index contributed by atoms with van der Waals surface area (Å²) in [7, 11) is 2.03. The van der Waals surface area contributed by atoms with Crippen molar-refractivity contribution in [2.75, 3.05) is 13.7 Å². The van der Waals surface area contributed by atoms with Crippen molar-refractivity contribution in [3.05, 3.63) is 0 Å². The fourth-order valence-electron chi connectivity index (χ4n) is 8.47. The van der Waals surface area contributed by atoms with Gasteiger partial charge in [0.2, 0.25) is 5.91 Å². The lowest BCUT2D eigenvalue weighted by Crippen LogP contribution is -2.61. The highest BCUT2D eigenvalue weighted by Crippen LogP contribution is 2.66. The molecule has 1 N–H and O–H groups in total. The van der Waals surface area contributed by atoms with E-state index in [4.69, 9.17) is 4.74 Å². The molecule has 0 radical (unpaired) electrons. The third kappa shape index (κ3) is 3.18. The zero-order chi connectivity index (χ0) is 21.0. The van der Waals surface area contributed by atoms with Crippen LogP contribution in [-0.2, 0) is 9.53 Å². The first kappa shape index (κ1) is 21.0. The van der Waals surface area contributed by atoms with Gasteiger partial charge in [-0.05, 0) is 93.3 Å². The highest BCUT2D eigenvalue weighted by molar-refractivity contribution is 5.77. The zero-order valence-electron chi connectivity index (χ0n) is 19.0. The van der Waals surface area contributed by atoms with Gasteiger partial charge in [-0.25, -0.2) is 4.79 Å². The smallest absolute Gasteiger partial charge is 0.407 e. The van der Waals surface area contributed by atoms with Crippen LogP contribution >= 0.6 is 0 Å². The number of nitrogens with one attached hydrogen (secondary N) is 1. The molecule has 3 saturated carbocycles. The second-order valence-electron chi connectivity index (χ2n) is 10.9. The lowest BCUT2D eigenvalue weighted by molar-refractivity contribution is -0.158. The van der Waals surface area contributed by atoms with E-state index in [1.54, 1.807) is 0 Å². The second-order valence-corrected chi connectivity index (χ2v) is 10.9. The second kappa shape index (κ2) is 7.46.